The molecule has 0 aliphatic heterocycles. The van der Waals surface area contributed by atoms with Crippen LogP contribution in [0.5, 0.6) is 0 Å². The Morgan fingerprint density at radius 3 is 2.26 bits per heavy atom. The van der Waals surface area contributed by atoms with E-state index < -0.39 is 0 Å². The molecule has 0 fully saturated rings. The van der Waals surface area contributed by atoms with Crippen molar-refractivity contribution in [3.05, 3.63) is 35.4 Å². The highest BCUT2D eigenvalue weighted by Crippen LogP contribution is 2.08. The smallest absolute Gasteiger partial charge is 0.0230 e. The minimum atomic E-state index is 1.06. The molecule has 108 valence electrons. The maximum absolute atomic E-state index is 3.45. The molecule has 2 nitrogen and oxygen atoms in total. The van der Waals surface area contributed by atoms with Crippen LogP contribution in [0.3, 0.4) is 0 Å². The zero-order valence-corrected chi connectivity index (χ0v) is 12.9. The molecule has 0 saturated heterocycles. The SMILES string of the molecule is CCCCN(C)Cc1ccc(CCNCCC)cc1. The molecule has 1 rings (SSSR count). The van der Waals surface area contributed by atoms with E-state index in [0.29, 0.717) is 0 Å². The van der Waals surface area contributed by atoms with E-state index in [4.69, 9.17) is 0 Å². The summed E-state index contributed by atoms with van der Waals surface area (Å²) in [5.41, 5.74) is 2.85. The van der Waals surface area contributed by atoms with E-state index in [1.165, 1.54) is 36.9 Å². The van der Waals surface area contributed by atoms with Crippen LogP contribution < -0.4 is 5.32 Å². The van der Waals surface area contributed by atoms with Gasteiger partial charge in [0, 0.05) is 6.54 Å². The first-order valence-corrected chi connectivity index (χ1v) is 7.73. The van der Waals surface area contributed by atoms with Crippen molar-refractivity contribution in [1.29, 1.82) is 0 Å². The molecular formula is C17H30N2. The van der Waals surface area contributed by atoms with E-state index in [-0.39, 0.29) is 0 Å². The Morgan fingerprint density at radius 1 is 0.947 bits per heavy atom. The summed E-state index contributed by atoms with van der Waals surface area (Å²) < 4.78 is 0. The van der Waals surface area contributed by atoms with E-state index in [0.717, 1.165) is 26.1 Å². The minimum absolute atomic E-state index is 1.06. The van der Waals surface area contributed by atoms with Gasteiger partial charge < -0.3 is 10.2 Å². The van der Waals surface area contributed by atoms with Crippen LogP contribution in [0.2, 0.25) is 0 Å². The lowest BCUT2D eigenvalue weighted by molar-refractivity contribution is 0.321. The number of benzene rings is 1. The molecule has 0 radical (unpaired) electrons. The van der Waals surface area contributed by atoms with E-state index in [9.17, 15) is 0 Å². The number of rotatable bonds is 10. The highest BCUT2D eigenvalue weighted by atomic mass is 15.1. The van der Waals surface area contributed by atoms with Crippen molar-refractivity contribution < 1.29 is 0 Å². The Labute approximate surface area is 119 Å². The van der Waals surface area contributed by atoms with Gasteiger partial charge in [-0.15, -0.1) is 0 Å². The minimum Gasteiger partial charge on any atom is -0.316 e. The number of nitrogens with zero attached hydrogens (tertiary/aromatic N) is 1. The molecule has 2 heteroatoms. The fourth-order valence-corrected chi connectivity index (χ4v) is 2.16. The predicted octanol–water partition coefficient (Wildman–Crippen LogP) is 3.46. The van der Waals surface area contributed by atoms with Gasteiger partial charge in [-0.05, 0) is 57.1 Å². The summed E-state index contributed by atoms with van der Waals surface area (Å²) in [6, 6.07) is 9.10. The van der Waals surface area contributed by atoms with Crippen LogP contribution in [-0.2, 0) is 13.0 Å². The molecule has 0 aliphatic carbocycles. The van der Waals surface area contributed by atoms with Gasteiger partial charge in [0.1, 0.15) is 0 Å². The molecular weight excluding hydrogens is 232 g/mol. The van der Waals surface area contributed by atoms with Gasteiger partial charge in [-0.1, -0.05) is 44.5 Å². The Balaban J connectivity index is 2.30. The van der Waals surface area contributed by atoms with Gasteiger partial charge in [0.2, 0.25) is 0 Å². The lowest BCUT2D eigenvalue weighted by atomic mass is 10.1. The van der Waals surface area contributed by atoms with Crippen molar-refractivity contribution in [2.75, 3.05) is 26.7 Å². The second-order valence-electron chi connectivity index (χ2n) is 5.41. The predicted molar refractivity (Wildman–Crippen MR) is 84.5 cm³/mol. The molecule has 1 N–H and O–H groups in total. The molecule has 0 aromatic heterocycles. The molecule has 1 aromatic carbocycles. The third-order valence-electron chi connectivity index (χ3n) is 3.39. The average molecular weight is 262 g/mol. The summed E-state index contributed by atoms with van der Waals surface area (Å²) in [7, 11) is 2.21. The first-order valence-electron chi connectivity index (χ1n) is 7.73. The lowest BCUT2D eigenvalue weighted by Gasteiger charge is -2.16. The van der Waals surface area contributed by atoms with Crippen molar-refractivity contribution in [1.82, 2.24) is 10.2 Å². The molecule has 0 amide bonds. The summed E-state index contributed by atoms with van der Waals surface area (Å²) in [4.78, 5) is 2.40. The van der Waals surface area contributed by atoms with Gasteiger partial charge in [0.05, 0.1) is 0 Å². The summed E-state index contributed by atoms with van der Waals surface area (Å²) in [5, 5.41) is 3.45. The molecule has 0 atom stereocenters. The summed E-state index contributed by atoms with van der Waals surface area (Å²) in [6.07, 6.45) is 4.90. The Hall–Kier alpha value is -0.860. The van der Waals surface area contributed by atoms with Crippen molar-refractivity contribution in [3.8, 4) is 0 Å². The second-order valence-corrected chi connectivity index (χ2v) is 5.41. The van der Waals surface area contributed by atoms with Gasteiger partial charge in [-0.2, -0.15) is 0 Å². The van der Waals surface area contributed by atoms with Gasteiger partial charge >= 0.3 is 0 Å². The number of hydrogen-bond donors (Lipinski definition) is 1. The van der Waals surface area contributed by atoms with Crippen LogP contribution in [0.4, 0.5) is 0 Å². The molecule has 0 spiro atoms. The van der Waals surface area contributed by atoms with E-state index in [1.807, 2.05) is 0 Å². The highest BCUT2D eigenvalue weighted by Gasteiger charge is 2.00. The van der Waals surface area contributed by atoms with Crippen LogP contribution >= 0.6 is 0 Å². The highest BCUT2D eigenvalue weighted by molar-refractivity contribution is 5.22. The molecule has 0 heterocycles. The fourth-order valence-electron chi connectivity index (χ4n) is 2.16. The number of nitrogens with one attached hydrogen (secondary N) is 1. The van der Waals surface area contributed by atoms with Crippen molar-refractivity contribution in [2.24, 2.45) is 0 Å². The van der Waals surface area contributed by atoms with Gasteiger partial charge in [0.25, 0.3) is 0 Å². The Morgan fingerprint density at radius 2 is 1.63 bits per heavy atom. The zero-order chi connectivity index (χ0) is 13.9. The third kappa shape index (κ3) is 7.34. The van der Waals surface area contributed by atoms with Crippen LogP contribution in [-0.4, -0.2) is 31.6 Å². The van der Waals surface area contributed by atoms with E-state index >= 15 is 0 Å². The van der Waals surface area contributed by atoms with Crippen LogP contribution in [0.15, 0.2) is 24.3 Å². The van der Waals surface area contributed by atoms with Crippen LogP contribution in [0, 0.1) is 0 Å². The monoisotopic (exact) mass is 262 g/mol. The molecule has 0 bridgehead atoms. The second kappa shape index (κ2) is 9.99. The topological polar surface area (TPSA) is 15.3 Å². The summed E-state index contributed by atoms with van der Waals surface area (Å²) in [5.74, 6) is 0. The fraction of sp³-hybridized carbons (Fsp3) is 0.647. The third-order valence-corrected chi connectivity index (χ3v) is 3.39. The first-order chi connectivity index (χ1) is 9.26. The molecule has 19 heavy (non-hydrogen) atoms. The molecule has 0 unspecified atom stereocenters. The standard InChI is InChI=1S/C17H30N2/c1-4-6-14-19(3)15-17-9-7-16(8-10-17)11-13-18-12-5-2/h7-10,18H,4-6,11-15H2,1-3H3. The van der Waals surface area contributed by atoms with Crippen molar-refractivity contribution >= 4 is 0 Å². The summed E-state index contributed by atoms with van der Waals surface area (Å²) >= 11 is 0. The lowest BCUT2D eigenvalue weighted by Crippen LogP contribution is -2.19. The van der Waals surface area contributed by atoms with Gasteiger partial charge in [-0.3, -0.25) is 0 Å². The average Bonchev–Trinajstić information content (AvgIpc) is 2.43. The quantitative estimate of drug-likeness (QED) is 0.650. The van der Waals surface area contributed by atoms with Crippen LogP contribution in [0.1, 0.15) is 44.2 Å². The van der Waals surface area contributed by atoms with Crippen molar-refractivity contribution in [3.63, 3.8) is 0 Å². The Bertz CT molecular complexity index is 319. The molecule has 0 aliphatic rings. The van der Waals surface area contributed by atoms with E-state index in [2.05, 4.69) is 55.4 Å². The van der Waals surface area contributed by atoms with E-state index in [1.54, 1.807) is 0 Å². The number of unbranched alkanes of at least 4 members (excludes halogenated alkanes) is 1. The maximum atomic E-state index is 3.45. The summed E-state index contributed by atoms with van der Waals surface area (Å²) in [6.45, 7) is 8.92. The van der Waals surface area contributed by atoms with Gasteiger partial charge in [0.15, 0.2) is 0 Å². The van der Waals surface area contributed by atoms with Crippen molar-refractivity contribution in [2.45, 2.75) is 46.1 Å². The first kappa shape index (κ1) is 16.2. The molecule has 1 aromatic rings. The largest absolute Gasteiger partial charge is 0.316 e. The number of hydrogen-bond acceptors (Lipinski definition) is 2. The molecule has 0 saturated carbocycles. The van der Waals surface area contributed by atoms with Gasteiger partial charge in [-0.25, -0.2) is 0 Å². The Kier molecular flexibility index (Phi) is 8.52. The maximum Gasteiger partial charge on any atom is 0.0230 e. The zero-order valence-electron chi connectivity index (χ0n) is 12.9. The van der Waals surface area contributed by atoms with Crippen LogP contribution in [0.25, 0.3) is 0 Å². The normalized spacial score (nSPS) is 11.2.